The molecular formula is C24H21NO4. The summed E-state index contributed by atoms with van der Waals surface area (Å²) in [7, 11) is 0. The molecule has 1 aromatic heterocycles. The maximum Gasteiger partial charge on any atom is 0.296 e. The van der Waals surface area contributed by atoms with E-state index in [1.54, 1.807) is 12.1 Å². The quantitative estimate of drug-likeness (QED) is 0.406. The predicted octanol–water partition coefficient (Wildman–Crippen LogP) is 4.52. The Hall–Kier alpha value is -3.60. The number of aryl methyl sites for hydroxylation is 2. The third-order valence-electron chi connectivity index (χ3n) is 5.20. The largest absolute Gasteiger partial charge is 0.507 e. The lowest BCUT2D eigenvalue weighted by atomic mass is 9.96. The van der Waals surface area contributed by atoms with Gasteiger partial charge in [0.15, 0.2) is 0 Å². The Labute approximate surface area is 168 Å². The molecule has 0 spiro atoms. The van der Waals surface area contributed by atoms with E-state index in [9.17, 15) is 14.7 Å². The van der Waals surface area contributed by atoms with Crippen LogP contribution in [0, 0.1) is 13.8 Å². The van der Waals surface area contributed by atoms with Gasteiger partial charge < -0.3 is 14.4 Å². The fourth-order valence-corrected chi connectivity index (χ4v) is 3.70. The molecule has 2 aromatic carbocycles. The maximum absolute atomic E-state index is 13.0. The topological polar surface area (TPSA) is 70.8 Å². The predicted molar refractivity (Wildman–Crippen MR) is 109 cm³/mol. The average molecular weight is 387 g/mol. The minimum Gasteiger partial charge on any atom is -0.507 e. The molecule has 1 fully saturated rings. The molecule has 5 nitrogen and oxygen atoms in total. The number of hydrogen-bond acceptors (Lipinski definition) is 4. The van der Waals surface area contributed by atoms with Gasteiger partial charge in [-0.15, -0.1) is 0 Å². The lowest BCUT2D eigenvalue weighted by Crippen LogP contribution is -2.29. The van der Waals surface area contributed by atoms with Crippen LogP contribution in [-0.2, 0) is 16.1 Å². The number of aliphatic hydroxyl groups is 1. The van der Waals surface area contributed by atoms with Crippen LogP contribution in [-0.4, -0.2) is 21.7 Å². The minimum atomic E-state index is -0.787. The number of aliphatic hydroxyl groups excluding tert-OH is 1. The number of nitrogens with zero attached hydrogens (tertiary/aromatic N) is 1. The van der Waals surface area contributed by atoms with Gasteiger partial charge in [-0.2, -0.15) is 0 Å². The third-order valence-corrected chi connectivity index (χ3v) is 5.20. The van der Waals surface area contributed by atoms with E-state index in [4.69, 9.17) is 4.42 Å². The number of rotatable bonds is 4. The van der Waals surface area contributed by atoms with Gasteiger partial charge in [0.25, 0.3) is 11.7 Å². The van der Waals surface area contributed by atoms with Gasteiger partial charge in [0, 0.05) is 12.1 Å². The highest BCUT2D eigenvalue weighted by Crippen LogP contribution is 2.40. The fraction of sp³-hybridized carbons (Fsp3) is 0.167. The number of hydrogen-bond donors (Lipinski definition) is 1. The van der Waals surface area contributed by atoms with Crippen molar-refractivity contribution in [2.75, 3.05) is 0 Å². The van der Waals surface area contributed by atoms with Crippen molar-refractivity contribution in [2.45, 2.75) is 26.4 Å². The van der Waals surface area contributed by atoms with Gasteiger partial charge in [-0.1, -0.05) is 48.0 Å². The zero-order valence-electron chi connectivity index (χ0n) is 16.3. The van der Waals surface area contributed by atoms with Crippen molar-refractivity contribution in [3.8, 4) is 0 Å². The smallest absolute Gasteiger partial charge is 0.296 e. The van der Waals surface area contributed by atoms with Crippen LogP contribution in [0.15, 0.2) is 76.9 Å². The molecule has 5 heteroatoms. The van der Waals surface area contributed by atoms with Crippen molar-refractivity contribution in [2.24, 2.45) is 0 Å². The number of benzene rings is 2. The number of amides is 1. The number of Topliss-reactive ketones (excluding diaryl/α,β-unsaturated/α-hetero) is 1. The highest BCUT2D eigenvalue weighted by atomic mass is 16.3. The Morgan fingerprint density at radius 1 is 1.03 bits per heavy atom. The molecule has 1 atom stereocenters. The Bertz CT molecular complexity index is 1100. The molecule has 1 saturated heterocycles. The van der Waals surface area contributed by atoms with E-state index >= 15 is 0 Å². The van der Waals surface area contributed by atoms with Crippen molar-refractivity contribution in [1.82, 2.24) is 4.90 Å². The van der Waals surface area contributed by atoms with Crippen LogP contribution >= 0.6 is 0 Å². The summed E-state index contributed by atoms with van der Waals surface area (Å²) in [5.41, 5.74) is 3.25. The lowest BCUT2D eigenvalue weighted by Gasteiger charge is -2.23. The first-order valence-corrected chi connectivity index (χ1v) is 9.40. The van der Waals surface area contributed by atoms with Gasteiger partial charge in [0.2, 0.25) is 0 Å². The number of furan rings is 1. The lowest BCUT2D eigenvalue weighted by molar-refractivity contribution is -0.140. The second-order valence-electron chi connectivity index (χ2n) is 7.25. The van der Waals surface area contributed by atoms with Crippen LogP contribution in [0.4, 0.5) is 0 Å². The average Bonchev–Trinajstić information content (AvgIpc) is 3.33. The van der Waals surface area contributed by atoms with E-state index in [-0.39, 0.29) is 17.9 Å². The van der Waals surface area contributed by atoms with Gasteiger partial charge >= 0.3 is 0 Å². The van der Waals surface area contributed by atoms with Crippen LogP contribution in [0.5, 0.6) is 0 Å². The second-order valence-corrected chi connectivity index (χ2v) is 7.25. The fourth-order valence-electron chi connectivity index (χ4n) is 3.70. The molecule has 1 N–H and O–H groups in total. The van der Waals surface area contributed by atoms with E-state index in [0.29, 0.717) is 11.3 Å². The van der Waals surface area contributed by atoms with Gasteiger partial charge in [0.1, 0.15) is 17.6 Å². The zero-order chi connectivity index (χ0) is 20.5. The monoisotopic (exact) mass is 387 g/mol. The summed E-state index contributed by atoms with van der Waals surface area (Å²) in [6.45, 7) is 4.00. The summed E-state index contributed by atoms with van der Waals surface area (Å²) in [6.07, 6.45) is 1.50. The molecule has 29 heavy (non-hydrogen) atoms. The number of likely N-dealkylation sites (tertiary alicyclic amines) is 1. The summed E-state index contributed by atoms with van der Waals surface area (Å²) >= 11 is 0. The van der Waals surface area contributed by atoms with E-state index in [1.807, 2.05) is 62.4 Å². The summed E-state index contributed by atoms with van der Waals surface area (Å²) in [4.78, 5) is 27.3. The SMILES string of the molecule is Cc1ccc(C)c(C(O)=C2C(=O)C(=O)N(Cc3ccccc3)C2c2ccco2)c1. The molecule has 146 valence electrons. The van der Waals surface area contributed by atoms with Gasteiger partial charge in [0.05, 0.1) is 11.8 Å². The summed E-state index contributed by atoms with van der Waals surface area (Å²) in [5, 5.41) is 11.1. The van der Waals surface area contributed by atoms with Gasteiger partial charge in [-0.25, -0.2) is 0 Å². The zero-order valence-corrected chi connectivity index (χ0v) is 16.3. The van der Waals surface area contributed by atoms with Crippen molar-refractivity contribution >= 4 is 17.4 Å². The molecular weight excluding hydrogens is 366 g/mol. The molecule has 0 bridgehead atoms. The number of carbonyl (C=O) groups excluding carboxylic acids is 2. The molecule has 1 aliphatic heterocycles. The molecule has 4 rings (SSSR count). The van der Waals surface area contributed by atoms with E-state index in [0.717, 1.165) is 16.7 Å². The molecule has 0 radical (unpaired) electrons. The van der Waals surface area contributed by atoms with Crippen LogP contribution in [0.25, 0.3) is 5.76 Å². The van der Waals surface area contributed by atoms with E-state index < -0.39 is 17.7 Å². The molecule has 3 aromatic rings. The number of ketones is 1. The highest BCUT2D eigenvalue weighted by molar-refractivity contribution is 6.46. The van der Waals surface area contributed by atoms with Crippen LogP contribution < -0.4 is 0 Å². The summed E-state index contributed by atoms with van der Waals surface area (Å²) in [5.74, 6) is -1.10. The summed E-state index contributed by atoms with van der Waals surface area (Å²) < 4.78 is 5.56. The Morgan fingerprint density at radius 2 is 1.79 bits per heavy atom. The van der Waals surface area contributed by atoms with E-state index in [1.165, 1.54) is 11.2 Å². The maximum atomic E-state index is 13.0. The van der Waals surface area contributed by atoms with Crippen molar-refractivity contribution in [1.29, 1.82) is 0 Å². The summed E-state index contributed by atoms with van der Waals surface area (Å²) in [6, 6.07) is 17.7. The van der Waals surface area contributed by atoms with Crippen LogP contribution in [0.1, 0.15) is 34.1 Å². The van der Waals surface area contributed by atoms with Crippen molar-refractivity contribution < 1.29 is 19.1 Å². The molecule has 2 heterocycles. The standard InChI is InChI=1S/C24H21NO4/c1-15-10-11-16(2)18(13-15)22(26)20-21(19-9-6-12-29-19)25(24(28)23(20)27)14-17-7-4-3-5-8-17/h3-13,21,26H,14H2,1-2H3. The molecule has 0 aliphatic carbocycles. The molecule has 1 amide bonds. The third kappa shape index (κ3) is 3.36. The molecule has 0 saturated carbocycles. The van der Waals surface area contributed by atoms with Crippen molar-refractivity contribution in [3.63, 3.8) is 0 Å². The van der Waals surface area contributed by atoms with Gasteiger partial charge in [-0.3, -0.25) is 9.59 Å². The second kappa shape index (κ2) is 7.43. The molecule has 1 aliphatic rings. The number of carbonyl (C=O) groups is 2. The molecule has 1 unspecified atom stereocenters. The van der Waals surface area contributed by atoms with Gasteiger partial charge in [-0.05, 0) is 43.2 Å². The first-order chi connectivity index (χ1) is 14.0. The Morgan fingerprint density at radius 3 is 2.48 bits per heavy atom. The Kier molecular flexibility index (Phi) is 4.80. The van der Waals surface area contributed by atoms with Crippen LogP contribution in [0.2, 0.25) is 0 Å². The highest BCUT2D eigenvalue weighted by Gasteiger charge is 2.47. The van der Waals surface area contributed by atoms with Crippen LogP contribution in [0.3, 0.4) is 0 Å². The first-order valence-electron chi connectivity index (χ1n) is 9.40. The van der Waals surface area contributed by atoms with Crippen molar-refractivity contribution in [3.05, 3.63) is 101 Å². The normalized spacial score (nSPS) is 18.4. The minimum absolute atomic E-state index is 0.0505. The van der Waals surface area contributed by atoms with E-state index in [2.05, 4.69) is 0 Å². The first kappa shape index (κ1) is 18.7. The Balaban J connectivity index is 1.87.